The summed E-state index contributed by atoms with van der Waals surface area (Å²) in [7, 11) is 0. The zero-order chi connectivity index (χ0) is 22.8. The Labute approximate surface area is 183 Å². The summed E-state index contributed by atoms with van der Waals surface area (Å²) in [5.41, 5.74) is 1.87. The van der Waals surface area contributed by atoms with E-state index < -0.39 is 18.5 Å². The Morgan fingerprint density at radius 2 is 1.58 bits per heavy atom. The molecule has 0 heterocycles. The minimum Gasteiger partial charge on any atom is -0.482 e. The Bertz CT molecular complexity index is 891. The summed E-state index contributed by atoms with van der Waals surface area (Å²) in [5.74, 6) is -0.222. The van der Waals surface area contributed by atoms with Crippen molar-refractivity contribution in [2.75, 3.05) is 25.1 Å². The van der Waals surface area contributed by atoms with Crippen molar-refractivity contribution in [1.82, 2.24) is 5.32 Å². The lowest BCUT2D eigenvalue weighted by Crippen LogP contribution is -2.29. The second-order valence-corrected chi connectivity index (χ2v) is 7.87. The van der Waals surface area contributed by atoms with Crippen molar-refractivity contribution in [1.29, 1.82) is 0 Å². The maximum absolute atomic E-state index is 12.3. The third-order valence-electron chi connectivity index (χ3n) is 4.38. The molecule has 166 valence electrons. The SMILES string of the molecule is CC(C)CNC(=O)c1ccccc1NC(=O)COC(=O)COc1ccc(C(C)C)cc1. The van der Waals surface area contributed by atoms with Gasteiger partial charge in [-0.3, -0.25) is 9.59 Å². The maximum Gasteiger partial charge on any atom is 0.344 e. The summed E-state index contributed by atoms with van der Waals surface area (Å²) in [6, 6.07) is 14.1. The maximum atomic E-state index is 12.3. The van der Waals surface area contributed by atoms with Gasteiger partial charge < -0.3 is 20.1 Å². The molecule has 7 heteroatoms. The molecule has 2 amide bonds. The topological polar surface area (TPSA) is 93.7 Å². The third-order valence-corrected chi connectivity index (χ3v) is 4.38. The van der Waals surface area contributed by atoms with Crippen molar-refractivity contribution in [3.8, 4) is 5.75 Å². The number of carbonyl (C=O) groups excluding carboxylic acids is 3. The highest BCUT2D eigenvalue weighted by atomic mass is 16.6. The van der Waals surface area contributed by atoms with Crippen molar-refractivity contribution < 1.29 is 23.9 Å². The number of hydrogen-bond acceptors (Lipinski definition) is 5. The minimum absolute atomic E-state index is 0.279. The summed E-state index contributed by atoms with van der Waals surface area (Å²) >= 11 is 0. The molecule has 2 aromatic rings. The van der Waals surface area contributed by atoms with Crippen LogP contribution in [0.1, 0.15) is 49.5 Å². The Morgan fingerprint density at radius 1 is 0.903 bits per heavy atom. The highest BCUT2D eigenvalue weighted by Crippen LogP contribution is 2.18. The average molecular weight is 427 g/mol. The van der Waals surface area contributed by atoms with Crippen LogP contribution in [-0.2, 0) is 14.3 Å². The van der Waals surface area contributed by atoms with E-state index in [0.29, 0.717) is 35.4 Å². The molecule has 0 fully saturated rings. The fourth-order valence-corrected chi connectivity index (χ4v) is 2.65. The van der Waals surface area contributed by atoms with E-state index in [4.69, 9.17) is 9.47 Å². The normalized spacial score (nSPS) is 10.6. The first-order valence-corrected chi connectivity index (χ1v) is 10.3. The van der Waals surface area contributed by atoms with Crippen LogP contribution in [0.15, 0.2) is 48.5 Å². The summed E-state index contributed by atoms with van der Waals surface area (Å²) in [4.78, 5) is 36.4. The number of para-hydroxylation sites is 1. The van der Waals surface area contributed by atoms with E-state index >= 15 is 0 Å². The van der Waals surface area contributed by atoms with Crippen LogP contribution in [0, 0.1) is 5.92 Å². The Kier molecular flexibility index (Phi) is 9.06. The number of hydrogen-bond donors (Lipinski definition) is 2. The monoisotopic (exact) mass is 426 g/mol. The molecule has 0 aliphatic rings. The van der Waals surface area contributed by atoms with Crippen molar-refractivity contribution in [3.05, 3.63) is 59.7 Å². The fraction of sp³-hybridized carbons (Fsp3) is 0.375. The number of carbonyl (C=O) groups is 3. The van der Waals surface area contributed by atoms with E-state index in [1.165, 1.54) is 5.56 Å². The van der Waals surface area contributed by atoms with Gasteiger partial charge in [0.25, 0.3) is 11.8 Å². The Morgan fingerprint density at radius 3 is 2.23 bits per heavy atom. The minimum atomic E-state index is -0.661. The molecule has 0 aliphatic carbocycles. The third kappa shape index (κ3) is 8.12. The van der Waals surface area contributed by atoms with Gasteiger partial charge in [-0.2, -0.15) is 0 Å². The molecular formula is C24H30N2O5. The van der Waals surface area contributed by atoms with E-state index in [9.17, 15) is 14.4 Å². The number of esters is 1. The largest absolute Gasteiger partial charge is 0.482 e. The van der Waals surface area contributed by atoms with Crippen LogP contribution in [0.2, 0.25) is 0 Å². The van der Waals surface area contributed by atoms with Gasteiger partial charge in [-0.1, -0.05) is 52.0 Å². The number of nitrogens with one attached hydrogen (secondary N) is 2. The molecule has 0 unspecified atom stereocenters. The van der Waals surface area contributed by atoms with E-state index in [2.05, 4.69) is 24.5 Å². The quantitative estimate of drug-likeness (QED) is 0.564. The van der Waals surface area contributed by atoms with E-state index in [1.807, 2.05) is 26.0 Å². The van der Waals surface area contributed by atoms with Crippen molar-refractivity contribution in [2.24, 2.45) is 5.92 Å². The smallest absolute Gasteiger partial charge is 0.344 e. The molecule has 2 N–H and O–H groups in total. The first-order chi connectivity index (χ1) is 14.8. The molecule has 0 radical (unpaired) electrons. The molecule has 2 aromatic carbocycles. The van der Waals surface area contributed by atoms with Crippen LogP contribution in [0.4, 0.5) is 5.69 Å². The zero-order valence-electron chi connectivity index (χ0n) is 18.4. The van der Waals surface area contributed by atoms with Crippen LogP contribution in [0.5, 0.6) is 5.75 Å². The molecule has 0 bridgehead atoms. The summed E-state index contributed by atoms with van der Waals surface area (Å²) in [6.07, 6.45) is 0. The van der Waals surface area contributed by atoms with Gasteiger partial charge in [0.2, 0.25) is 0 Å². The summed E-state index contributed by atoms with van der Waals surface area (Å²) in [5, 5.41) is 5.42. The van der Waals surface area contributed by atoms with Gasteiger partial charge in [-0.05, 0) is 41.7 Å². The first kappa shape index (κ1) is 23.9. The van der Waals surface area contributed by atoms with Crippen molar-refractivity contribution >= 4 is 23.5 Å². The van der Waals surface area contributed by atoms with Crippen LogP contribution in [0.25, 0.3) is 0 Å². The average Bonchev–Trinajstić information content (AvgIpc) is 2.75. The van der Waals surface area contributed by atoms with Gasteiger partial charge in [0.15, 0.2) is 13.2 Å². The van der Waals surface area contributed by atoms with Crippen LogP contribution in [-0.4, -0.2) is 37.5 Å². The zero-order valence-corrected chi connectivity index (χ0v) is 18.4. The van der Waals surface area contributed by atoms with Crippen molar-refractivity contribution in [3.63, 3.8) is 0 Å². The first-order valence-electron chi connectivity index (χ1n) is 10.3. The van der Waals surface area contributed by atoms with Gasteiger partial charge >= 0.3 is 5.97 Å². The second-order valence-electron chi connectivity index (χ2n) is 7.87. The van der Waals surface area contributed by atoms with Crippen LogP contribution < -0.4 is 15.4 Å². The highest BCUT2D eigenvalue weighted by molar-refractivity contribution is 6.04. The molecule has 0 spiro atoms. The van der Waals surface area contributed by atoms with Gasteiger partial charge in [0.05, 0.1) is 11.3 Å². The lowest BCUT2D eigenvalue weighted by Gasteiger charge is -2.13. The lowest BCUT2D eigenvalue weighted by atomic mass is 10.0. The molecule has 2 rings (SSSR count). The standard InChI is InChI=1S/C24H30N2O5/c1-16(2)13-25-24(29)20-7-5-6-8-21(20)26-22(27)14-31-23(28)15-30-19-11-9-18(10-12-19)17(3)4/h5-12,16-17H,13-15H2,1-4H3,(H,25,29)(H,26,27). The molecule has 0 atom stereocenters. The predicted octanol–water partition coefficient (Wildman–Crippen LogP) is 3.76. The number of rotatable bonds is 10. The van der Waals surface area contributed by atoms with E-state index in [-0.39, 0.29) is 12.5 Å². The molecular weight excluding hydrogens is 396 g/mol. The molecule has 0 aromatic heterocycles. The van der Waals surface area contributed by atoms with Crippen LogP contribution >= 0.6 is 0 Å². The summed E-state index contributed by atoms with van der Waals surface area (Å²) < 4.78 is 10.4. The number of amides is 2. The second kappa shape index (κ2) is 11.7. The molecule has 0 saturated carbocycles. The van der Waals surface area contributed by atoms with E-state index in [1.54, 1.807) is 36.4 Å². The fourth-order valence-electron chi connectivity index (χ4n) is 2.65. The highest BCUT2D eigenvalue weighted by Gasteiger charge is 2.14. The Hall–Kier alpha value is -3.35. The van der Waals surface area contributed by atoms with Gasteiger partial charge in [0, 0.05) is 6.54 Å². The van der Waals surface area contributed by atoms with Gasteiger partial charge in [-0.15, -0.1) is 0 Å². The van der Waals surface area contributed by atoms with Gasteiger partial charge in [-0.25, -0.2) is 4.79 Å². The molecule has 31 heavy (non-hydrogen) atoms. The van der Waals surface area contributed by atoms with E-state index in [0.717, 1.165) is 0 Å². The summed E-state index contributed by atoms with van der Waals surface area (Å²) in [6.45, 7) is 7.92. The number of anilines is 1. The Balaban J connectivity index is 1.81. The van der Waals surface area contributed by atoms with Crippen LogP contribution in [0.3, 0.4) is 0 Å². The van der Waals surface area contributed by atoms with Crippen molar-refractivity contribution in [2.45, 2.75) is 33.6 Å². The lowest BCUT2D eigenvalue weighted by molar-refractivity contribution is -0.149. The number of benzene rings is 2. The molecule has 0 aliphatic heterocycles. The molecule has 0 saturated heterocycles. The van der Waals surface area contributed by atoms with Gasteiger partial charge in [0.1, 0.15) is 5.75 Å². The number of ether oxygens (including phenoxy) is 2. The predicted molar refractivity (Wildman–Crippen MR) is 119 cm³/mol. The molecule has 7 nitrogen and oxygen atoms in total.